The van der Waals surface area contributed by atoms with Gasteiger partial charge >= 0.3 is 0 Å². The molecule has 0 bridgehead atoms. The Hall–Kier alpha value is -6.76. The molecule has 0 spiro atoms. The maximum Gasteiger partial charge on any atom is 0.0171 e. The molecule has 0 aliphatic heterocycles. The van der Waals surface area contributed by atoms with Gasteiger partial charge in [-0.25, -0.2) is 0 Å². The first-order valence-electron chi connectivity index (χ1n) is 20.7. The molecule has 0 N–H and O–H groups in total. The molecule has 0 heterocycles. The van der Waals surface area contributed by atoms with Gasteiger partial charge in [0.15, 0.2) is 0 Å². The summed E-state index contributed by atoms with van der Waals surface area (Å²) < 4.78 is 0. The van der Waals surface area contributed by atoms with Crippen molar-refractivity contribution in [2.75, 3.05) is 0 Å². The average Bonchev–Trinajstić information content (AvgIpc) is 3.65. The van der Waals surface area contributed by atoms with E-state index >= 15 is 0 Å². The topological polar surface area (TPSA) is 0 Å². The molecular formula is C58H42. The van der Waals surface area contributed by atoms with Crippen LogP contribution in [0, 0.1) is 0 Å². The fraction of sp³-hybridized carbons (Fsp3) is 0.103. The number of hydrogen-bond donors (Lipinski definition) is 0. The van der Waals surface area contributed by atoms with E-state index in [0.29, 0.717) is 0 Å². The van der Waals surface area contributed by atoms with E-state index in [4.69, 9.17) is 0 Å². The molecule has 0 nitrogen and oxygen atoms in total. The number of fused-ring (bicyclic) bond motifs is 13. The second-order valence-corrected chi connectivity index (χ2v) is 17.5. The molecule has 0 unspecified atom stereocenters. The Labute approximate surface area is 340 Å². The summed E-state index contributed by atoms with van der Waals surface area (Å²) in [4.78, 5) is 0. The van der Waals surface area contributed by atoms with Crippen LogP contribution in [0.5, 0.6) is 0 Å². The van der Waals surface area contributed by atoms with Crippen LogP contribution in [0.15, 0.2) is 182 Å². The van der Waals surface area contributed by atoms with Crippen molar-refractivity contribution in [3.8, 4) is 55.6 Å². The molecule has 0 saturated carbocycles. The van der Waals surface area contributed by atoms with Gasteiger partial charge < -0.3 is 0 Å². The molecule has 2 aliphatic carbocycles. The van der Waals surface area contributed by atoms with E-state index in [1.807, 2.05) is 0 Å². The van der Waals surface area contributed by atoms with Gasteiger partial charge in [-0.1, -0.05) is 198 Å². The van der Waals surface area contributed by atoms with Gasteiger partial charge in [0.05, 0.1) is 0 Å². The van der Waals surface area contributed by atoms with Gasteiger partial charge in [0.1, 0.15) is 0 Å². The SMILES string of the molecule is CC1(C)c2ccccc2-c2ccc(-c3c4ccccc4c(-c4cccc(-c5cccc6c5C(C)(C)c5c-6c6ccccc6c6ccccc56)c4)c4ccccc34)cc21. The van der Waals surface area contributed by atoms with Crippen molar-refractivity contribution in [2.24, 2.45) is 0 Å². The summed E-state index contributed by atoms with van der Waals surface area (Å²) >= 11 is 0. The summed E-state index contributed by atoms with van der Waals surface area (Å²) in [6, 6.07) is 68.6. The summed E-state index contributed by atoms with van der Waals surface area (Å²) in [5.41, 5.74) is 18.5. The zero-order valence-electron chi connectivity index (χ0n) is 33.3. The number of rotatable bonds is 3. The standard InChI is InChI=1S/C58H42/c1-57(2)50-30-14-13-21-41(50)42-32-31-37(34-51(42)57)53-46-25-10-8-23-44(46)52(45-24-9-11-26-47(45)53)36-18-15-17-35(33-36)38-28-16-29-49-54-43-22-7-5-19-39(43)40-20-6-12-27-48(40)56(54)58(3,4)55(38)49/h5-34H,1-4H3. The summed E-state index contributed by atoms with van der Waals surface area (Å²) in [5, 5.41) is 10.5. The quantitative estimate of drug-likeness (QED) is 0.125. The molecule has 12 rings (SSSR count). The van der Waals surface area contributed by atoms with E-state index in [2.05, 4.69) is 210 Å². The van der Waals surface area contributed by atoms with Gasteiger partial charge in [-0.3, -0.25) is 0 Å². The maximum atomic E-state index is 2.48. The van der Waals surface area contributed by atoms with Crippen LogP contribution in [0.3, 0.4) is 0 Å². The number of benzene rings is 10. The molecule has 0 heteroatoms. The predicted molar refractivity (Wildman–Crippen MR) is 248 cm³/mol. The van der Waals surface area contributed by atoms with Gasteiger partial charge in [0.2, 0.25) is 0 Å². The Morgan fingerprint density at radius 1 is 0.259 bits per heavy atom. The zero-order chi connectivity index (χ0) is 38.9. The summed E-state index contributed by atoms with van der Waals surface area (Å²) in [6.07, 6.45) is 0. The second kappa shape index (κ2) is 11.9. The van der Waals surface area contributed by atoms with Gasteiger partial charge in [0.25, 0.3) is 0 Å². The molecule has 10 aromatic rings. The van der Waals surface area contributed by atoms with Crippen molar-refractivity contribution in [1.29, 1.82) is 0 Å². The second-order valence-electron chi connectivity index (χ2n) is 17.5. The molecule has 274 valence electrons. The molecule has 2 aliphatic rings. The van der Waals surface area contributed by atoms with Crippen molar-refractivity contribution in [3.63, 3.8) is 0 Å². The monoisotopic (exact) mass is 738 g/mol. The van der Waals surface area contributed by atoms with E-state index in [1.54, 1.807) is 0 Å². The minimum Gasteiger partial charge on any atom is -0.0619 e. The largest absolute Gasteiger partial charge is 0.0619 e. The smallest absolute Gasteiger partial charge is 0.0171 e. The van der Waals surface area contributed by atoms with Crippen LogP contribution < -0.4 is 0 Å². The molecule has 0 fully saturated rings. The third-order valence-electron chi connectivity index (χ3n) is 13.8. The lowest BCUT2D eigenvalue weighted by Gasteiger charge is -2.26. The highest BCUT2D eigenvalue weighted by Gasteiger charge is 2.40. The van der Waals surface area contributed by atoms with Gasteiger partial charge in [-0.05, 0) is 133 Å². The predicted octanol–water partition coefficient (Wildman–Crippen LogP) is 15.9. The molecule has 0 atom stereocenters. The maximum absolute atomic E-state index is 2.48. The van der Waals surface area contributed by atoms with Gasteiger partial charge in [0, 0.05) is 10.8 Å². The van der Waals surface area contributed by atoms with Crippen LogP contribution in [0.25, 0.3) is 98.7 Å². The van der Waals surface area contributed by atoms with Crippen molar-refractivity contribution >= 4 is 43.1 Å². The fourth-order valence-corrected chi connectivity index (χ4v) is 11.3. The van der Waals surface area contributed by atoms with Crippen molar-refractivity contribution in [3.05, 3.63) is 204 Å². The minimum atomic E-state index is -0.201. The highest BCUT2D eigenvalue weighted by Crippen LogP contribution is 2.57. The van der Waals surface area contributed by atoms with Crippen LogP contribution >= 0.6 is 0 Å². The lowest BCUT2D eigenvalue weighted by molar-refractivity contribution is 0.660. The Kier molecular flexibility index (Phi) is 6.84. The molecule has 58 heavy (non-hydrogen) atoms. The van der Waals surface area contributed by atoms with E-state index in [1.165, 1.54) is 121 Å². The van der Waals surface area contributed by atoms with Crippen LogP contribution in [-0.2, 0) is 10.8 Å². The lowest BCUT2D eigenvalue weighted by atomic mass is 9.76. The van der Waals surface area contributed by atoms with E-state index in [9.17, 15) is 0 Å². The van der Waals surface area contributed by atoms with Crippen molar-refractivity contribution in [2.45, 2.75) is 38.5 Å². The Morgan fingerprint density at radius 2 is 0.707 bits per heavy atom. The molecule has 0 radical (unpaired) electrons. The van der Waals surface area contributed by atoms with Crippen LogP contribution in [-0.4, -0.2) is 0 Å². The normalized spacial score (nSPS) is 14.5. The Balaban J connectivity index is 1.07. The Morgan fingerprint density at radius 3 is 1.36 bits per heavy atom. The fourth-order valence-electron chi connectivity index (χ4n) is 11.3. The van der Waals surface area contributed by atoms with Crippen LogP contribution in [0.2, 0.25) is 0 Å². The van der Waals surface area contributed by atoms with E-state index in [-0.39, 0.29) is 10.8 Å². The van der Waals surface area contributed by atoms with E-state index < -0.39 is 0 Å². The van der Waals surface area contributed by atoms with Crippen molar-refractivity contribution in [1.82, 2.24) is 0 Å². The van der Waals surface area contributed by atoms with Crippen LogP contribution in [0.1, 0.15) is 49.9 Å². The Bertz CT molecular complexity index is 3330. The highest BCUT2D eigenvalue weighted by atomic mass is 14.4. The molecule has 10 aromatic carbocycles. The third kappa shape index (κ3) is 4.41. The lowest BCUT2D eigenvalue weighted by Crippen LogP contribution is -2.17. The highest BCUT2D eigenvalue weighted by molar-refractivity contribution is 6.22. The number of hydrogen-bond acceptors (Lipinski definition) is 0. The first-order chi connectivity index (χ1) is 28.3. The summed E-state index contributed by atoms with van der Waals surface area (Å²) in [7, 11) is 0. The van der Waals surface area contributed by atoms with Crippen molar-refractivity contribution < 1.29 is 0 Å². The summed E-state index contributed by atoms with van der Waals surface area (Å²) in [5.74, 6) is 0. The first-order valence-corrected chi connectivity index (χ1v) is 20.7. The zero-order valence-corrected chi connectivity index (χ0v) is 33.3. The molecule has 0 saturated heterocycles. The van der Waals surface area contributed by atoms with Crippen LogP contribution in [0.4, 0.5) is 0 Å². The molecular weight excluding hydrogens is 697 g/mol. The minimum absolute atomic E-state index is 0.0678. The van der Waals surface area contributed by atoms with Gasteiger partial charge in [-0.15, -0.1) is 0 Å². The summed E-state index contributed by atoms with van der Waals surface area (Å²) in [6.45, 7) is 9.62. The molecule has 0 amide bonds. The average molecular weight is 739 g/mol. The van der Waals surface area contributed by atoms with Gasteiger partial charge in [-0.2, -0.15) is 0 Å². The van der Waals surface area contributed by atoms with E-state index in [0.717, 1.165) is 0 Å². The first kappa shape index (κ1) is 33.4. The molecule has 0 aromatic heterocycles. The third-order valence-corrected chi connectivity index (χ3v) is 13.8.